The molecule has 0 fully saturated rings. The molecule has 29 heavy (non-hydrogen) atoms. The van der Waals surface area contributed by atoms with Crippen molar-refractivity contribution in [1.82, 2.24) is 15.6 Å². The summed E-state index contributed by atoms with van der Waals surface area (Å²) in [7, 11) is 1.77. The van der Waals surface area contributed by atoms with Gasteiger partial charge < -0.3 is 20.9 Å². The van der Waals surface area contributed by atoms with Gasteiger partial charge in [0.25, 0.3) is 0 Å². The number of fused-ring (bicyclic) bond motifs is 2. The van der Waals surface area contributed by atoms with Crippen molar-refractivity contribution in [2.75, 3.05) is 25.5 Å². The van der Waals surface area contributed by atoms with Gasteiger partial charge in [-0.3, -0.25) is 9.79 Å². The van der Waals surface area contributed by atoms with Crippen LogP contribution in [0.5, 0.6) is 0 Å². The quantitative estimate of drug-likeness (QED) is 0.296. The van der Waals surface area contributed by atoms with Gasteiger partial charge in [0, 0.05) is 55.3 Å². The minimum absolute atomic E-state index is 0.0668. The molecule has 1 amide bonds. The summed E-state index contributed by atoms with van der Waals surface area (Å²) in [5.74, 6) is 0.981. The summed E-state index contributed by atoms with van der Waals surface area (Å²) in [4.78, 5) is 19.6. The Morgan fingerprint density at radius 3 is 2.86 bits per heavy atom. The summed E-state index contributed by atoms with van der Waals surface area (Å²) in [6, 6.07) is 16.4. The highest BCUT2D eigenvalue weighted by Gasteiger charge is 2.24. The SMILES string of the molecule is CN=C(NCCCc1c[nH]c2ccccc12)NCC1CC(=O)Nc2ccccc21. The van der Waals surface area contributed by atoms with Crippen molar-refractivity contribution in [1.29, 1.82) is 0 Å². The number of H-pyrrole nitrogens is 1. The maximum Gasteiger partial charge on any atom is 0.225 e. The Balaban J connectivity index is 1.27. The van der Waals surface area contributed by atoms with Gasteiger partial charge in [-0.25, -0.2) is 0 Å². The second-order valence-electron chi connectivity index (χ2n) is 7.38. The number of aromatic nitrogens is 1. The molecule has 1 unspecified atom stereocenters. The van der Waals surface area contributed by atoms with Gasteiger partial charge >= 0.3 is 0 Å². The van der Waals surface area contributed by atoms with E-state index < -0.39 is 0 Å². The van der Waals surface area contributed by atoms with Crippen LogP contribution in [0.15, 0.2) is 59.7 Å². The van der Waals surface area contributed by atoms with Crippen molar-refractivity contribution in [3.63, 3.8) is 0 Å². The van der Waals surface area contributed by atoms with Gasteiger partial charge in [-0.05, 0) is 36.1 Å². The smallest absolute Gasteiger partial charge is 0.225 e. The number of nitrogens with one attached hydrogen (secondary N) is 4. The molecule has 1 atom stereocenters. The van der Waals surface area contributed by atoms with E-state index in [2.05, 4.69) is 56.4 Å². The Bertz CT molecular complexity index is 1020. The number of anilines is 1. The lowest BCUT2D eigenvalue weighted by Gasteiger charge is -2.26. The molecule has 4 rings (SSSR count). The van der Waals surface area contributed by atoms with E-state index in [0.717, 1.165) is 31.0 Å². The Morgan fingerprint density at radius 1 is 1.14 bits per heavy atom. The number of amides is 1. The van der Waals surface area contributed by atoms with Crippen LogP contribution in [-0.4, -0.2) is 37.0 Å². The van der Waals surface area contributed by atoms with Crippen LogP contribution in [0, 0.1) is 0 Å². The maximum absolute atomic E-state index is 12.0. The fourth-order valence-electron chi connectivity index (χ4n) is 3.95. The standard InChI is InChI=1S/C23H27N5O/c1-24-23(25-12-6-7-16-14-26-20-10-4-2-8-18(16)20)27-15-17-13-22(29)28-21-11-5-3-9-19(17)21/h2-5,8-11,14,17,26H,6-7,12-13,15H2,1H3,(H,28,29)(H2,24,25,27). The largest absolute Gasteiger partial charge is 0.361 e. The van der Waals surface area contributed by atoms with E-state index in [-0.39, 0.29) is 11.8 Å². The highest BCUT2D eigenvalue weighted by Crippen LogP contribution is 2.31. The molecule has 6 heteroatoms. The first kappa shape index (κ1) is 19.1. The van der Waals surface area contributed by atoms with Gasteiger partial charge in [-0.1, -0.05) is 36.4 Å². The molecule has 6 nitrogen and oxygen atoms in total. The van der Waals surface area contributed by atoms with Gasteiger partial charge in [0.15, 0.2) is 5.96 Å². The van der Waals surface area contributed by atoms with Gasteiger partial charge in [0.2, 0.25) is 5.91 Å². The van der Waals surface area contributed by atoms with Crippen LogP contribution in [0.2, 0.25) is 0 Å². The zero-order valence-electron chi connectivity index (χ0n) is 16.7. The van der Waals surface area contributed by atoms with E-state index in [0.29, 0.717) is 13.0 Å². The van der Waals surface area contributed by atoms with Gasteiger partial charge in [-0.15, -0.1) is 0 Å². The highest BCUT2D eigenvalue weighted by molar-refractivity contribution is 5.94. The third-order valence-corrected chi connectivity index (χ3v) is 5.44. The molecule has 3 aromatic rings. The number of carbonyl (C=O) groups excluding carboxylic acids is 1. The second kappa shape index (κ2) is 8.82. The fourth-order valence-corrected chi connectivity index (χ4v) is 3.95. The van der Waals surface area contributed by atoms with Gasteiger partial charge in [0.1, 0.15) is 0 Å². The van der Waals surface area contributed by atoms with Crippen molar-refractivity contribution in [3.05, 3.63) is 65.9 Å². The average molecular weight is 390 g/mol. The normalized spacial score (nSPS) is 16.4. The van der Waals surface area contributed by atoms with Crippen molar-refractivity contribution < 1.29 is 4.79 Å². The van der Waals surface area contributed by atoms with E-state index in [1.54, 1.807) is 7.05 Å². The fraction of sp³-hybridized carbons (Fsp3) is 0.304. The zero-order chi connectivity index (χ0) is 20.1. The zero-order valence-corrected chi connectivity index (χ0v) is 16.7. The number of aliphatic imine (C=N–C) groups is 1. The molecule has 0 bridgehead atoms. The van der Waals surface area contributed by atoms with Crippen molar-refractivity contribution in [2.45, 2.75) is 25.2 Å². The van der Waals surface area contributed by atoms with Crippen LogP contribution in [0.1, 0.15) is 29.9 Å². The van der Waals surface area contributed by atoms with E-state index >= 15 is 0 Å². The molecule has 4 N–H and O–H groups in total. The first-order valence-electron chi connectivity index (χ1n) is 10.1. The summed E-state index contributed by atoms with van der Waals surface area (Å²) in [5.41, 5.74) is 4.62. The third kappa shape index (κ3) is 4.42. The Morgan fingerprint density at radius 2 is 1.97 bits per heavy atom. The van der Waals surface area contributed by atoms with Gasteiger partial charge in [-0.2, -0.15) is 0 Å². The predicted octanol–water partition coefficient (Wildman–Crippen LogP) is 3.39. The summed E-state index contributed by atoms with van der Waals surface area (Å²) in [5, 5.41) is 11.0. The molecule has 150 valence electrons. The van der Waals surface area contributed by atoms with Gasteiger partial charge in [0.05, 0.1) is 0 Å². The second-order valence-corrected chi connectivity index (χ2v) is 7.38. The molecular weight excluding hydrogens is 362 g/mol. The number of para-hydroxylation sites is 2. The number of hydrogen-bond acceptors (Lipinski definition) is 2. The number of aromatic amines is 1. The first-order valence-corrected chi connectivity index (χ1v) is 10.1. The first-order chi connectivity index (χ1) is 14.2. The number of rotatable bonds is 6. The average Bonchev–Trinajstić information content (AvgIpc) is 3.16. The van der Waals surface area contributed by atoms with Crippen LogP contribution in [0.25, 0.3) is 10.9 Å². The number of guanidine groups is 1. The number of benzene rings is 2. The van der Waals surface area contributed by atoms with Crippen LogP contribution in [-0.2, 0) is 11.2 Å². The molecule has 0 saturated heterocycles. The molecule has 2 heterocycles. The van der Waals surface area contributed by atoms with Crippen LogP contribution < -0.4 is 16.0 Å². The lowest BCUT2D eigenvalue weighted by molar-refractivity contribution is -0.116. The molecule has 1 aliphatic heterocycles. The number of nitrogens with zero attached hydrogens (tertiary/aromatic N) is 1. The molecule has 0 saturated carbocycles. The molecule has 2 aromatic carbocycles. The highest BCUT2D eigenvalue weighted by atomic mass is 16.1. The predicted molar refractivity (Wildman–Crippen MR) is 118 cm³/mol. The summed E-state index contributed by atoms with van der Waals surface area (Å²) < 4.78 is 0. The Hall–Kier alpha value is -3.28. The topological polar surface area (TPSA) is 81.3 Å². The van der Waals surface area contributed by atoms with E-state index in [1.165, 1.54) is 22.0 Å². The molecular formula is C23H27N5O. The lowest BCUT2D eigenvalue weighted by atomic mass is 9.90. The molecule has 0 radical (unpaired) electrons. The molecule has 1 aromatic heterocycles. The Kier molecular flexibility index (Phi) is 5.79. The van der Waals surface area contributed by atoms with Crippen molar-refractivity contribution >= 4 is 28.5 Å². The lowest BCUT2D eigenvalue weighted by Crippen LogP contribution is -2.41. The minimum atomic E-state index is 0.0668. The number of hydrogen-bond donors (Lipinski definition) is 4. The van der Waals surface area contributed by atoms with E-state index in [1.807, 2.05) is 24.3 Å². The van der Waals surface area contributed by atoms with Crippen molar-refractivity contribution in [2.24, 2.45) is 4.99 Å². The molecule has 0 spiro atoms. The molecule has 1 aliphatic rings. The Labute approximate surface area is 170 Å². The molecule has 0 aliphatic carbocycles. The number of carbonyl (C=O) groups is 1. The number of aryl methyl sites for hydroxylation is 1. The summed E-state index contributed by atoms with van der Waals surface area (Å²) in [6.45, 7) is 1.51. The minimum Gasteiger partial charge on any atom is -0.361 e. The van der Waals surface area contributed by atoms with Crippen LogP contribution in [0.4, 0.5) is 5.69 Å². The van der Waals surface area contributed by atoms with Crippen LogP contribution >= 0.6 is 0 Å². The summed E-state index contributed by atoms with van der Waals surface area (Å²) >= 11 is 0. The van der Waals surface area contributed by atoms with Crippen molar-refractivity contribution in [3.8, 4) is 0 Å². The van der Waals surface area contributed by atoms with E-state index in [9.17, 15) is 4.79 Å². The van der Waals surface area contributed by atoms with E-state index in [4.69, 9.17) is 0 Å². The summed E-state index contributed by atoms with van der Waals surface area (Å²) in [6.07, 6.45) is 4.60. The third-order valence-electron chi connectivity index (χ3n) is 5.44. The van der Waals surface area contributed by atoms with Crippen LogP contribution in [0.3, 0.4) is 0 Å². The maximum atomic E-state index is 12.0. The monoisotopic (exact) mass is 389 g/mol.